The summed E-state index contributed by atoms with van der Waals surface area (Å²) in [6.07, 6.45) is 8.87. The number of benzene rings is 3. The SMILES string of the molecule is CC(C)Cc1ccc(-c2ccc(NC(=O)C3CC(C(=O)Nc4ccc(-c5ccc(CC(C)C)cc5)nc4)CC(C(=O)Nc4ccc(-c5ccc(CC(C)C)cc5)nc4)C3)cn2)cc1. The van der Waals surface area contributed by atoms with Crippen LogP contribution in [-0.2, 0) is 33.6 Å². The highest BCUT2D eigenvalue weighted by Gasteiger charge is 2.39. The Labute approximate surface area is 372 Å². The Kier molecular flexibility index (Phi) is 14.6. The van der Waals surface area contributed by atoms with Gasteiger partial charge in [-0.05, 0) is 109 Å². The van der Waals surface area contributed by atoms with Crippen molar-refractivity contribution in [3.8, 4) is 33.8 Å². The zero-order valence-corrected chi connectivity index (χ0v) is 37.4. The molecule has 0 unspecified atom stereocenters. The summed E-state index contributed by atoms with van der Waals surface area (Å²) in [6, 6.07) is 36.4. The summed E-state index contributed by atoms with van der Waals surface area (Å²) in [6.45, 7) is 13.2. The number of nitrogens with one attached hydrogen (secondary N) is 3. The third-order valence-corrected chi connectivity index (χ3v) is 11.6. The van der Waals surface area contributed by atoms with Gasteiger partial charge in [-0.15, -0.1) is 0 Å². The highest BCUT2D eigenvalue weighted by Crippen LogP contribution is 2.36. The number of nitrogens with zero attached hydrogens (tertiary/aromatic N) is 3. The molecule has 9 nitrogen and oxygen atoms in total. The van der Waals surface area contributed by atoms with E-state index in [0.717, 1.165) is 53.0 Å². The minimum atomic E-state index is -0.600. The van der Waals surface area contributed by atoms with Crippen molar-refractivity contribution >= 4 is 34.8 Å². The van der Waals surface area contributed by atoms with Gasteiger partial charge in [0.25, 0.3) is 0 Å². The molecule has 1 aliphatic carbocycles. The number of anilines is 3. The van der Waals surface area contributed by atoms with E-state index < -0.39 is 17.8 Å². The summed E-state index contributed by atoms with van der Waals surface area (Å²) in [5.74, 6) is -0.840. The topological polar surface area (TPSA) is 126 Å². The van der Waals surface area contributed by atoms with Crippen LogP contribution < -0.4 is 16.0 Å². The van der Waals surface area contributed by atoms with Gasteiger partial charge in [0.15, 0.2) is 0 Å². The number of carbonyl (C=O) groups excluding carboxylic acids is 3. The Bertz CT molecular complexity index is 2160. The van der Waals surface area contributed by atoms with Crippen molar-refractivity contribution < 1.29 is 14.4 Å². The van der Waals surface area contributed by atoms with E-state index >= 15 is 0 Å². The number of hydrogen-bond acceptors (Lipinski definition) is 6. The molecule has 6 aromatic rings. The number of rotatable bonds is 15. The molecule has 324 valence electrons. The van der Waals surface area contributed by atoms with Crippen LogP contribution in [0.2, 0.25) is 0 Å². The highest BCUT2D eigenvalue weighted by molar-refractivity contribution is 5.98. The van der Waals surface area contributed by atoms with Crippen molar-refractivity contribution in [2.45, 2.75) is 80.1 Å². The monoisotopic (exact) mass is 840 g/mol. The van der Waals surface area contributed by atoms with Crippen molar-refractivity contribution in [3.05, 3.63) is 144 Å². The van der Waals surface area contributed by atoms with Crippen LogP contribution in [0.25, 0.3) is 33.8 Å². The molecule has 0 radical (unpaired) electrons. The first-order valence-corrected chi connectivity index (χ1v) is 22.4. The van der Waals surface area contributed by atoms with E-state index in [2.05, 4.69) is 145 Å². The number of aromatic nitrogens is 3. The Morgan fingerprint density at radius 3 is 0.873 bits per heavy atom. The fraction of sp³-hybridized carbons (Fsp3) is 0.333. The van der Waals surface area contributed by atoms with Gasteiger partial charge in [0, 0.05) is 34.4 Å². The van der Waals surface area contributed by atoms with Gasteiger partial charge < -0.3 is 16.0 Å². The lowest BCUT2D eigenvalue weighted by molar-refractivity contribution is -0.129. The molecule has 3 aromatic heterocycles. The van der Waals surface area contributed by atoms with Crippen molar-refractivity contribution in [2.75, 3.05) is 16.0 Å². The second-order valence-electron chi connectivity index (χ2n) is 18.4. The zero-order chi connectivity index (χ0) is 44.5. The van der Waals surface area contributed by atoms with E-state index in [-0.39, 0.29) is 37.0 Å². The van der Waals surface area contributed by atoms with Gasteiger partial charge in [0.05, 0.1) is 52.7 Å². The molecule has 63 heavy (non-hydrogen) atoms. The van der Waals surface area contributed by atoms with Crippen molar-refractivity contribution in [3.63, 3.8) is 0 Å². The van der Waals surface area contributed by atoms with Crippen LogP contribution in [-0.4, -0.2) is 32.7 Å². The molecule has 3 heterocycles. The van der Waals surface area contributed by atoms with E-state index in [0.29, 0.717) is 34.8 Å². The van der Waals surface area contributed by atoms with Crippen LogP contribution in [0.4, 0.5) is 17.1 Å². The molecule has 3 aromatic carbocycles. The van der Waals surface area contributed by atoms with Crippen LogP contribution in [0.1, 0.15) is 77.5 Å². The maximum atomic E-state index is 14.0. The zero-order valence-electron chi connectivity index (χ0n) is 37.4. The van der Waals surface area contributed by atoms with E-state index in [1.807, 2.05) is 36.4 Å². The Morgan fingerprint density at radius 2 is 0.667 bits per heavy atom. The fourth-order valence-corrected chi connectivity index (χ4v) is 8.46. The lowest BCUT2D eigenvalue weighted by Gasteiger charge is -2.33. The highest BCUT2D eigenvalue weighted by atomic mass is 16.2. The summed E-state index contributed by atoms with van der Waals surface area (Å²) < 4.78 is 0. The van der Waals surface area contributed by atoms with Crippen LogP contribution in [0.5, 0.6) is 0 Å². The van der Waals surface area contributed by atoms with Gasteiger partial charge in [0.1, 0.15) is 0 Å². The molecule has 0 saturated heterocycles. The molecule has 3 amide bonds. The maximum Gasteiger partial charge on any atom is 0.227 e. The first-order chi connectivity index (χ1) is 30.3. The molecule has 0 bridgehead atoms. The Morgan fingerprint density at radius 1 is 0.413 bits per heavy atom. The van der Waals surface area contributed by atoms with E-state index in [9.17, 15) is 14.4 Å². The van der Waals surface area contributed by atoms with Crippen LogP contribution in [0.15, 0.2) is 128 Å². The molecule has 1 fully saturated rings. The minimum Gasteiger partial charge on any atom is -0.324 e. The third kappa shape index (κ3) is 12.3. The number of amides is 3. The molecule has 0 atom stereocenters. The fourth-order valence-electron chi connectivity index (χ4n) is 8.46. The number of hydrogen-bond donors (Lipinski definition) is 3. The first-order valence-electron chi connectivity index (χ1n) is 22.4. The van der Waals surface area contributed by atoms with Gasteiger partial charge in [-0.3, -0.25) is 29.3 Å². The van der Waals surface area contributed by atoms with Crippen molar-refractivity contribution in [2.24, 2.45) is 35.5 Å². The van der Waals surface area contributed by atoms with Gasteiger partial charge in [0.2, 0.25) is 17.7 Å². The van der Waals surface area contributed by atoms with Crippen LogP contribution in [0, 0.1) is 35.5 Å². The number of carbonyl (C=O) groups is 3. The predicted octanol–water partition coefficient (Wildman–Crippen LogP) is 11.7. The molecule has 7 rings (SSSR count). The quantitative estimate of drug-likeness (QED) is 0.0945. The molecule has 1 saturated carbocycles. The minimum absolute atomic E-state index is 0.256. The summed E-state index contributed by atoms with van der Waals surface area (Å²) in [5, 5.41) is 9.07. The van der Waals surface area contributed by atoms with Crippen LogP contribution >= 0.6 is 0 Å². The third-order valence-electron chi connectivity index (χ3n) is 11.6. The summed E-state index contributed by atoms with van der Waals surface area (Å²) in [7, 11) is 0. The lowest BCUT2D eigenvalue weighted by Crippen LogP contribution is -2.40. The Hall–Kier alpha value is -6.48. The molecule has 3 N–H and O–H groups in total. The van der Waals surface area contributed by atoms with Crippen molar-refractivity contribution in [1.82, 2.24) is 15.0 Å². The largest absolute Gasteiger partial charge is 0.324 e. The molecular weight excluding hydrogens is 781 g/mol. The van der Waals surface area contributed by atoms with Gasteiger partial charge >= 0.3 is 0 Å². The first kappa shape index (κ1) is 44.6. The van der Waals surface area contributed by atoms with E-state index in [1.165, 1.54) is 16.7 Å². The normalized spacial score (nSPS) is 16.2. The second-order valence-corrected chi connectivity index (χ2v) is 18.4. The maximum absolute atomic E-state index is 14.0. The number of pyridine rings is 3. The van der Waals surface area contributed by atoms with Crippen LogP contribution in [0.3, 0.4) is 0 Å². The Balaban J connectivity index is 1.04. The molecular formula is C54H60N6O3. The van der Waals surface area contributed by atoms with Gasteiger partial charge in [-0.2, -0.15) is 0 Å². The molecule has 0 spiro atoms. The van der Waals surface area contributed by atoms with Gasteiger partial charge in [-0.25, -0.2) is 0 Å². The van der Waals surface area contributed by atoms with Crippen molar-refractivity contribution in [1.29, 1.82) is 0 Å². The average Bonchev–Trinajstić information content (AvgIpc) is 3.27. The predicted molar refractivity (Wildman–Crippen MR) is 255 cm³/mol. The average molecular weight is 841 g/mol. The van der Waals surface area contributed by atoms with Gasteiger partial charge in [-0.1, -0.05) is 114 Å². The molecule has 0 aliphatic heterocycles. The second kappa shape index (κ2) is 20.6. The van der Waals surface area contributed by atoms with E-state index in [1.54, 1.807) is 18.6 Å². The summed E-state index contributed by atoms with van der Waals surface area (Å²) in [5.41, 5.74) is 10.9. The summed E-state index contributed by atoms with van der Waals surface area (Å²) >= 11 is 0. The lowest BCUT2D eigenvalue weighted by atomic mass is 9.74. The standard InChI is InChI=1S/C54H60N6O3/c1-34(2)25-37-7-13-40(14-8-37)49-22-19-46(31-55-49)58-52(61)43-28-44(53(62)59-47-20-23-50(56-32-47)41-15-9-38(10-16-41)26-35(3)4)30-45(29-43)54(63)60-48-21-24-51(57-33-48)42-17-11-39(12-18-42)27-36(5)6/h7-24,31-36,43-45H,25-30H2,1-6H3,(H,58,61)(H,59,62)(H,60,63). The smallest absolute Gasteiger partial charge is 0.227 e. The summed E-state index contributed by atoms with van der Waals surface area (Å²) in [4.78, 5) is 55.8. The van der Waals surface area contributed by atoms with E-state index in [4.69, 9.17) is 0 Å². The molecule has 9 heteroatoms. The molecule has 1 aliphatic rings.